The van der Waals surface area contributed by atoms with Gasteiger partial charge in [0.05, 0.1) is 11.4 Å². The van der Waals surface area contributed by atoms with Crippen LogP contribution in [0.5, 0.6) is 0 Å². The Labute approximate surface area is 98.7 Å². The van der Waals surface area contributed by atoms with Gasteiger partial charge in [-0.3, -0.25) is 0 Å². The molecule has 2 rings (SSSR count). The zero-order valence-electron chi connectivity index (χ0n) is 9.93. The van der Waals surface area contributed by atoms with Gasteiger partial charge >= 0.3 is 5.97 Å². The third kappa shape index (κ3) is 2.04. The van der Waals surface area contributed by atoms with Gasteiger partial charge in [-0.05, 0) is 44.0 Å². The Bertz CT molecular complexity index is 567. The van der Waals surface area contributed by atoms with Crippen molar-refractivity contribution in [1.29, 1.82) is 0 Å². The third-order valence-corrected chi connectivity index (χ3v) is 2.49. The Morgan fingerprint density at radius 2 is 1.76 bits per heavy atom. The van der Waals surface area contributed by atoms with Gasteiger partial charge in [-0.25, -0.2) is 9.48 Å². The largest absolute Gasteiger partial charge is 0.476 e. The highest BCUT2D eigenvalue weighted by atomic mass is 16.4. The van der Waals surface area contributed by atoms with Gasteiger partial charge in [0.1, 0.15) is 0 Å². The van der Waals surface area contributed by atoms with Gasteiger partial charge in [0.2, 0.25) is 0 Å². The molecule has 0 radical (unpaired) electrons. The molecule has 0 bridgehead atoms. The van der Waals surface area contributed by atoms with Crippen LogP contribution in [0.25, 0.3) is 5.69 Å². The molecule has 0 aliphatic carbocycles. The summed E-state index contributed by atoms with van der Waals surface area (Å²) in [6.45, 7) is 5.55. The Balaban J connectivity index is 2.64. The van der Waals surface area contributed by atoms with Crippen molar-refractivity contribution in [1.82, 2.24) is 15.0 Å². The van der Waals surface area contributed by atoms with Crippen molar-refractivity contribution >= 4 is 5.97 Å². The molecule has 0 saturated carbocycles. The van der Waals surface area contributed by atoms with E-state index in [1.54, 1.807) is 6.92 Å². The summed E-state index contributed by atoms with van der Waals surface area (Å²) in [5.41, 5.74) is 3.36. The van der Waals surface area contributed by atoms with Crippen LogP contribution in [-0.2, 0) is 0 Å². The van der Waals surface area contributed by atoms with Gasteiger partial charge in [0.15, 0.2) is 5.69 Å². The van der Waals surface area contributed by atoms with Crippen molar-refractivity contribution in [3.05, 3.63) is 40.7 Å². The molecule has 0 saturated heterocycles. The molecule has 5 nitrogen and oxygen atoms in total. The minimum absolute atomic E-state index is 0.106. The summed E-state index contributed by atoms with van der Waals surface area (Å²) in [5, 5.41) is 16.8. The van der Waals surface area contributed by atoms with E-state index in [1.165, 1.54) is 4.68 Å². The average Bonchev–Trinajstić information content (AvgIpc) is 2.58. The minimum Gasteiger partial charge on any atom is -0.476 e. The van der Waals surface area contributed by atoms with Crippen molar-refractivity contribution in [3.63, 3.8) is 0 Å². The van der Waals surface area contributed by atoms with Crippen LogP contribution in [0.3, 0.4) is 0 Å². The summed E-state index contributed by atoms with van der Waals surface area (Å²) in [7, 11) is 0. The number of aryl methyl sites for hydroxylation is 3. The van der Waals surface area contributed by atoms with Crippen molar-refractivity contribution in [2.45, 2.75) is 20.8 Å². The van der Waals surface area contributed by atoms with Gasteiger partial charge in [-0.1, -0.05) is 11.3 Å². The molecule has 0 amide bonds. The standard InChI is InChI=1S/C12H13N3O2/c1-7-4-8(2)6-10(5-7)15-11(12(16)17)9(3)13-14-15/h4-6H,1-3H3,(H,16,17). The van der Waals surface area contributed by atoms with E-state index in [0.717, 1.165) is 16.8 Å². The van der Waals surface area contributed by atoms with E-state index in [9.17, 15) is 4.79 Å². The molecule has 0 aliphatic rings. The minimum atomic E-state index is -1.02. The van der Waals surface area contributed by atoms with E-state index < -0.39 is 5.97 Å². The first-order chi connectivity index (χ1) is 7.99. The number of nitrogens with zero attached hydrogens (tertiary/aromatic N) is 3. The fourth-order valence-corrected chi connectivity index (χ4v) is 1.86. The maximum absolute atomic E-state index is 11.1. The van der Waals surface area contributed by atoms with Gasteiger partial charge in [0.25, 0.3) is 0 Å². The molecule has 1 heterocycles. The van der Waals surface area contributed by atoms with Crippen molar-refractivity contribution in [3.8, 4) is 5.69 Å². The summed E-state index contributed by atoms with van der Waals surface area (Å²) in [6.07, 6.45) is 0. The van der Waals surface area contributed by atoms with E-state index in [0.29, 0.717) is 5.69 Å². The van der Waals surface area contributed by atoms with Crippen molar-refractivity contribution in [2.24, 2.45) is 0 Å². The number of benzene rings is 1. The van der Waals surface area contributed by atoms with Crippen LogP contribution in [0.4, 0.5) is 0 Å². The number of hydrogen-bond donors (Lipinski definition) is 1. The SMILES string of the molecule is Cc1cc(C)cc(-n2nnc(C)c2C(=O)O)c1. The fraction of sp³-hybridized carbons (Fsp3) is 0.250. The van der Waals surface area contributed by atoms with Crippen LogP contribution in [0.2, 0.25) is 0 Å². The molecule has 1 aromatic carbocycles. The average molecular weight is 231 g/mol. The van der Waals surface area contributed by atoms with Gasteiger partial charge in [-0.15, -0.1) is 5.10 Å². The smallest absolute Gasteiger partial charge is 0.356 e. The number of aromatic nitrogens is 3. The summed E-state index contributed by atoms with van der Waals surface area (Å²) >= 11 is 0. The summed E-state index contributed by atoms with van der Waals surface area (Å²) in [5.74, 6) is -1.02. The summed E-state index contributed by atoms with van der Waals surface area (Å²) < 4.78 is 1.36. The Morgan fingerprint density at radius 1 is 1.18 bits per heavy atom. The number of aromatic carboxylic acids is 1. The molecular weight excluding hydrogens is 218 g/mol. The Morgan fingerprint density at radius 3 is 2.29 bits per heavy atom. The van der Waals surface area contributed by atoms with Crippen LogP contribution in [0.15, 0.2) is 18.2 Å². The number of carboxylic acid groups (broad SMARTS) is 1. The van der Waals surface area contributed by atoms with Crippen LogP contribution >= 0.6 is 0 Å². The number of carboxylic acids is 1. The molecule has 1 aromatic heterocycles. The molecule has 0 unspecified atom stereocenters. The maximum Gasteiger partial charge on any atom is 0.356 e. The second-order valence-corrected chi connectivity index (χ2v) is 4.09. The van der Waals surface area contributed by atoms with E-state index >= 15 is 0 Å². The van der Waals surface area contributed by atoms with Crippen LogP contribution in [0.1, 0.15) is 27.3 Å². The lowest BCUT2D eigenvalue weighted by Gasteiger charge is -2.06. The van der Waals surface area contributed by atoms with Crippen LogP contribution < -0.4 is 0 Å². The predicted octanol–water partition coefficient (Wildman–Crippen LogP) is 1.89. The van der Waals surface area contributed by atoms with Crippen molar-refractivity contribution in [2.75, 3.05) is 0 Å². The third-order valence-electron chi connectivity index (χ3n) is 2.49. The molecule has 0 aliphatic heterocycles. The summed E-state index contributed by atoms with van der Waals surface area (Å²) in [4.78, 5) is 11.1. The molecule has 1 N–H and O–H groups in total. The van der Waals surface area contributed by atoms with Crippen LogP contribution in [-0.4, -0.2) is 26.1 Å². The molecule has 0 spiro atoms. The summed E-state index contributed by atoms with van der Waals surface area (Å²) in [6, 6.07) is 5.79. The van der Waals surface area contributed by atoms with Gasteiger partial charge < -0.3 is 5.11 Å². The maximum atomic E-state index is 11.1. The first kappa shape index (κ1) is 11.3. The first-order valence-electron chi connectivity index (χ1n) is 5.23. The van der Waals surface area contributed by atoms with Crippen molar-refractivity contribution < 1.29 is 9.90 Å². The lowest BCUT2D eigenvalue weighted by atomic mass is 10.1. The highest BCUT2D eigenvalue weighted by Gasteiger charge is 2.17. The topological polar surface area (TPSA) is 68.0 Å². The quantitative estimate of drug-likeness (QED) is 0.857. The second-order valence-electron chi connectivity index (χ2n) is 4.09. The fourth-order valence-electron chi connectivity index (χ4n) is 1.86. The van der Waals surface area contributed by atoms with E-state index in [-0.39, 0.29) is 5.69 Å². The molecule has 0 fully saturated rings. The molecule has 0 atom stereocenters. The zero-order chi connectivity index (χ0) is 12.6. The van der Waals surface area contributed by atoms with Gasteiger partial charge in [-0.2, -0.15) is 0 Å². The Hall–Kier alpha value is -2.17. The highest BCUT2D eigenvalue weighted by molar-refractivity contribution is 5.87. The molecule has 88 valence electrons. The normalized spacial score (nSPS) is 10.5. The molecule has 5 heteroatoms. The van der Waals surface area contributed by atoms with Gasteiger partial charge in [0, 0.05) is 0 Å². The monoisotopic (exact) mass is 231 g/mol. The zero-order valence-corrected chi connectivity index (χ0v) is 9.93. The predicted molar refractivity (Wildman–Crippen MR) is 62.5 cm³/mol. The van der Waals surface area contributed by atoms with E-state index in [1.807, 2.05) is 32.0 Å². The highest BCUT2D eigenvalue weighted by Crippen LogP contribution is 2.16. The molecule has 17 heavy (non-hydrogen) atoms. The number of hydrogen-bond acceptors (Lipinski definition) is 3. The lowest BCUT2D eigenvalue weighted by Crippen LogP contribution is -2.09. The van der Waals surface area contributed by atoms with E-state index in [2.05, 4.69) is 10.3 Å². The van der Waals surface area contributed by atoms with E-state index in [4.69, 9.17) is 5.11 Å². The lowest BCUT2D eigenvalue weighted by molar-refractivity contribution is 0.0686. The molecular formula is C12H13N3O2. The number of carbonyl (C=O) groups is 1. The first-order valence-corrected chi connectivity index (χ1v) is 5.23. The molecule has 2 aromatic rings. The second kappa shape index (κ2) is 4.01. The van der Waals surface area contributed by atoms with Crippen LogP contribution in [0, 0.1) is 20.8 Å². The number of rotatable bonds is 2. The Kier molecular flexibility index (Phi) is 2.67.